The van der Waals surface area contributed by atoms with Crippen LogP contribution in [0.5, 0.6) is 0 Å². The van der Waals surface area contributed by atoms with Gasteiger partial charge in [0.1, 0.15) is 5.82 Å². The second-order valence-corrected chi connectivity index (χ2v) is 7.43. The Balaban J connectivity index is 1.50. The van der Waals surface area contributed by atoms with Crippen LogP contribution in [0.1, 0.15) is 50.4 Å². The molecule has 0 unspecified atom stereocenters. The van der Waals surface area contributed by atoms with Crippen molar-refractivity contribution in [2.24, 2.45) is 18.9 Å². The number of hydrogen-bond acceptors (Lipinski definition) is 3. The highest BCUT2D eigenvalue weighted by Crippen LogP contribution is 2.42. The molecule has 3 fully saturated rings. The van der Waals surface area contributed by atoms with Gasteiger partial charge in [0.15, 0.2) is 0 Å². The van der Waals surface area contributed by atoms with Crippen LogP contribution in [-0.4, -0.2) is 38.9 Å². The summed E-state index contributed by atoms with van der Waals surface area (Å²) in [5, 5.41) is 2.95. The summed E-state index contributed by atoms with van der Waals surface area (Å²) in [6, 6.07) is 0.271. The molecule has 132 valence electrons. The Hall–Kier alpha value is -2.29. The Morgan fingerprint density at radius 3 is 2.76 bits per heavy atom. The van der Waals surface area contributed by atoms with Gasteiger partial charge in [-0.3, -0.25) is 9.59 Å². The standard InChI is InChI=1S/C19H24N4O2/c1-22-11-10-20-19(22)18-14(5-9-17(25)23(18)15-6-7-15)12-21-16(24)8-4-13-2-3-13/h10-11,13-15,18H,2-3,5-7,9,12H2,1H3,(H,21,24)/t14-,18+/m1/s1. The van der Waals surface area contributed by atoms with Crippen molar-refractivity contribution in [3.63, 3.8) is 0 Å². The summed E-state index contributed by atoms with van der Waals surface area (Å²) in [6.45, 7) is 0.534. The summed E-state index contributed by atoms with van der Waals surface area (Å²) in [5.41, 5.74) is 0. The molecule has 2 amide bonds. The topological polar surface area (TPSA) is 67.2 Å². The molecule has 2 aliphatic carbocycles. The zero-order chi connectivity index (χ0) is 17.4. The van der Waals surface area contributed by atoms with Crippen LogP contribution in [-0.2, 0) is 16.6 Å². The van der Waals surface area contributed by atoms with Crippen molar-refractivity contribution in [1.29, 1.82) is 0 Å². The second kappa shape index (κ2) is 6.55. The van der Waals surface area contributed by atoms with Gasteiger partial charge in [0.2, 0.25) is 5.91 Å². The van der Waals surface area contributed by atoms with Gasteiger partial charge < -0.3 is 14.8 Å². The molecular formula is C19H24N4O2. The van der Waals surface area contributed by atoms with Crippen molar-refractivity contribution in [1.82, 2.24) is 19.8 Å². The van der Waals surface area contributed by atoms with Crippen molar-refractivity contribution in [2.45, 2.75) is 50.6 Å². The third-order valence-corrected chi connectivity index (χ3v) is 5.32. The predicted molar refractivity (Wildman–Crippen MR) is 92.1 cm³/mol. The molecule has 4 rings (SSSR count). The van der Waals surface area contributed by atoms with Gasteiger partial charge in [-0.25, -0.2) is 4.98 Å². The fourth-order valence-corrected chi connectivity index (χ4v) is 3.64. The molecule has 1 aliphatic heterocycles. The molecule has 1 aromatic heterocycles. The molecular weight excluding hydrogens is 316 g/mol. The quantitative estimate of drug-likeness (QED) is 0.843. The van der Waals surface area contributed by atoms with Gasteiger partial charge in [-0.05, 0) is 38.0 Å². The van der Waals surface area contributed by atoms with E-state index in [1.807, 2.05) is 22.7 Å². The van der Waals surface area contributed by atoms with Crippen LogP contribution >= 0.6 is 0 Å². The van der Waals surface area contributed by atoms with Crippen LogP contribution in [0, 0.1) is 23.7 Å². The number of nitrogens with zero attached hydrogens (tertiary/aromatic N) is 3. The Morgan fingerprint density at radius 1 is 1.32 bits per heavy atom. The Labute approximate surface area is 148 Å². The van der Waals surface area contributed by atoms with Gasteiger partial charge >= 0.3 is 0 Å². The van der Waals surface area contributed by atoms with Crippen molar-refractivity contribution in [2.75, 3.05) is 6.54 Å². The first-order valence-electron chi connectivity index (χ1n) is 9.21. The van der Waals surface area contributed by atoms with Crippen molar-refractivity contribution in [3.05, 3.63) is 18.2 Å². The molecule has 1 aromatic rings. The van der Waals surface area contributed by atoms with Crippen LogP contribution < -0.4 is 5.32 Å². The van der Waals surface area contributed by atoms with Crippen molar-refractivity contribution < 1.29 is 9.59 Å². The Bertz CT molecular complexity index is 736. The molecule has 3 aliphatic rings. The molecule has 2 atom stereocenters. The molecule has 1 saturated heterocycles. The molecule has 6 nitrogen and oxygen atoms in total. The summed E-state index contributed by atoms with van der Waals surface area (Å²) < 4.78 is 1.99. The lowest BCUT2D eigenvalue weighted by molar-refractivity contribution is -0.140. The first kappa shape index (κ1) is 16.2. The van der Waals surface area contributed by atoms with E-state index in [0.29, 0.717) is 24.9 Å². The lowest BCUT2D eigenvalue weighted by Gasteiger charge is -2.41. The number of imidazole rings is 1. The predicted octanol–water partition coefficient (Wildman–Crippen LogP) is 1.39. The van der Waals surface area contributed by atoms with Crippen LogP contribution in [0.2, 0.25) is 0 Å². The molecule has 6 heteroatoms. The number of amides is 2. The number of piperidine rings is 1. The van der Waals surface area contributed by atoms with E-state index in [4.69, 9.17) is 0 Å². The maximum atomic E-state index is 12.5. The number of carbonyl (C=O) groups excluding carboxylic acids is 2. The van der Waals surface area contributed by atoms with Gasteiger partial charge in [0.25, 0.3) is 5.91 Å². The summed E-state index contributed by atoms with van der Waals surface area (Å²) >= 11 is 0. The molecule has 1 N–H and O–H groups in total. The first-order chi connectivity index (χ1) is 12.1. The zero-order valence-corrected chi connectivity index (χ0v) is 14.6. The number of carbonyl (C=O) groups is 2. The highest BCUT2D eigenvalue weighted by Gasteiger charge is 2.45. The number of aryl methyl sites for hydroxylation is 1. The minimum absolute atomic E-state index is 0.0644. The third-order valence-electron chi connectivity index (χ3n) is 5.32. The second-order valence-electron chi connectivity index (χ2n) is 7.43. The minimum atomic E-state index is -0.208. The van der Waals surface area contributed by atoms with Gasteiger partial charge in [-0.2, -0.15) is 0 Å². The molecule has 0 radical (unpaired) electrons. The molecule has 0 spiro atoms. The Morgan fingerprint density at radius 2 is 2.12 bits per heavy atom. The summed E-state index contributed by atoms with van der Waals surface area (Å²) in [7, 11) is 1.96. The van der Waals surface area contributed by atoms with E-state index >= 15 is 0 Å². The molecule has 25 heavy (non-hydrogen) atoms. The molecule has 0 bridgehead atoms. The number of rotatable bonds is 4. The third kappa shape index (κ3) is 3.55. The van der Waals surface area contributed by atoms with Gasteiger partial charge in [0.05, 0.1) is 6.04 Å². The average Bonchev–Trinajstić information content (AvgIpc) is 3.51. The van der Waals surface area contributed by atoms with E-state index in [-0.39, 0.29) is 23.8 Å². The van der Waals surface area contributed by atoms with Crippen LogP contribution in [0.4, 0.5) is 0 Å². The Kier molecular flexibility index (Phi) is 4.24. The van der Waals surface area contributed by atoms with E-state index in [2.05, 4.69) is 22.1 Å². The summed E-state index contributed by atoms with van der Waals surface area (Å²) in [5.74, 6) is 7.20. The number of aromatic nitrogens is 2. The monoisotopic (exact) mass is 340 g/mol. The number of nitrogens with one attached hydrogen (secondary N) is 1. The van der Waals surface area contributed by atoms with Crippen molar-refractivity contribution >= 4 is 11.8 Å². The highest BCUT2D eigenvalue weighted by atomic mass is 16.2. The normalized spacial score (nSPS) is 26.1. The molecule has 0 aromatic carbocycles. The van der Waals surface area contributed by atoms with Gasteiger partial charge in [-0.1, -0.05) is 5.92 Å². The summed E-state index contributed by atoms with van der Waals surface area (Å²) in [4.78, 5) is 31.1. The number of likely N-dealkylation sites (tertiary alicyclic amines) is 1. The van der Waals surface area contributed by atoms with Gasteiger partial charge in [-0.15, -0.1) is 0 Å². The van der Waals surface area contributed by atoms with Gasteiger partial charge in [0, 0.05) is 50.3 Å². The SMILES string of the molecule is Cn1ccnc1[C@@H]1[C@@H](CNC(=O)C#CC2CC2)CCC(=O)N1C1CC1. The fraction of sp³-hybridized carbons (Fsp3) is 0.632. The molecule has 2 saturated carbocycles. The maximum absolute atomic E-state index is 12.5. The fourth-order valence-electron chi connectivity index (χ4n) is 3.64. The van der Waals surface area contributed by atoms with E-state index < -0.39 is 0 Å². The van der Waals surface area contributed by atoms with Crippen LogP contribution in [0.25, 0.3) is 0 Å². The van der Waals surface area contributed by atoms with Crippen molar-refractivity contribution in [3.8, 4) is 11.8 Å². The average molecular weight is 340 g/mol. The smallest absolute Gasteiger partial charge is 0.295 e. The van der Waals surface area contributed by atoms with E-state index in [0.717, 1.165) is 37.9 Å². The maximum Gasteiger partial charge on any atom is 0.295 e. The molecule has 2 heterocycles. The van der Waals surface area contributed by atoms with Crippen LogP contribution in [0.3, 0.4) is 0 Å². The van der Waals surface area contributed by atoms with E-state index in [1.165, 1.54) is 0 Å². The lowest BCUT2D eigenvalue weighted by Crippen LogP contribution is -2.48. The first-order valence-corrected chi connectivity index (χ1v) is 9.21. The number of hydrogen-bond donors (Lipinski definition) is 1. The lowest BCUT2D eigenvalue weighted by atomic mass is 9.87. The van der Waals surface area contributed by atoms with E-state index in [9.17, 15) is 9.59 Å². The van der Waals surface area contributed by atoms with Crippen LogP contribution in [0.15, 0.2) is 12.4 Å². The zero-order valence-electron chi connectivity index (χ0n) is 14.6. The summed E-state index contributed by atoms with van der Waals surface area (Å²) in [6.07, 6.45) is 9.37. The largest absolute Gasteiger partial charge is 0.345 e. The minimum Gasteiger partial charge on any atom is -0.345 e. The highest BCUT2D eigenvalue weighted by molar-refractivity contribution is 5.93. The van der Waals surface area contributed by atoms with E-state index in [1.54, 1.807) is 6.20 Å².